The van der Waals surface area contributed by atoms with Gasteiger partial charge < -0.3 is 15.5 Å². The van der Waals surface area contributed by atoms with E-state index in [-0.39, 0.29) is 16.3 Å². The van der Waals surface area contributed by atoms with Gasteiger partial charge in [-0.1, -0.05) is 48.0 Å². The van der Waals surface area contributed by atoms with Crippen molar-refractivity contribution in [2.24, 2.45) is 5.73 Å². The summed E-state index contributed by atoms with van der Waals surface area (Å²) in [5.74, 6) is -0.857. The van der Waals surface area contributed by atoms with E-state index in [1.807, 2.05) is 43.3 Å². The van der Waals surface area contributed by atoms with Crippen LogP contribution in [-0.2, 0) is 0 Å². The third kappa shape index (κ3) is 2.92. The van der Waals surface area contributed by atoms with Crippen molar-refractivity contribution in [1.29, 1.82) is 0 Å². The number of anilines is 1. The number of amides is 2. The molecule has 0 aliphatic rings. The number of primary amides is 1. The number of carbonyl (C=O) groups is 2. The van der Waals surface area contributed by atoms with Crippen molar-refractivity contribution < 1.29 is 14.0 Å². The molecule has 0 atom stereocenters. The van der Waals surface area contributed by atoms with E-state index < -0.39 is 11.8 Å². The molecular weight excluding hydrogens is 364 g/mol. The topological polar surface area (TPSA) is 85.3 Å². The highest BCUT2D eigenvalue weighted by Crippen LogP contribution is 2.32. The molecule has 6 heteroatoms. The first-order valence-corrected chi connectivity index (χ1v) is 8.65. The van der Waals surface area contributed by atoms with Gasteiger partial charge in [0.15, 0.2) is 5.76 Å². The largest absolute Gasteiger partial charge is 0.450 e. The standard InChI is InChI=1S/C21H15ClN2O3/c1-11-14-8-6-12-4-2-3-5-15(12)19(14)27-18(11)21(26)24-13-7-9-17(22)16(10-13)20(23)25/h2-10H,1H3,(H2,23,25)(H,24,26). The van der Waals surface area contributed by atoms with E-state index in [9.17, 15) is 9.59 Å². The molecule has 0 spiro atoms. The van der Waals surface area contributed by atoms with Gasteiger partial charge in [0.05, 0.1) is 10.6 Å². The van der Waals surface area contributed by atoms with Gasteiger partial charge >= 0.3 is 0 Å². The molecule has 2 amide bonds. The fourth-order valence-electron chi connectivity index (χ4n) is 3.15. The van der Waals surface area contributed by atoms with Crippen molar-refractivity contribution in [3.05, 3.63) is 76.5 Å². The number of fused-ring (bicyclic) bond motifs is 3. The van der Waals surface area contributed by atoms with E-state index in [1.54, 1.807) is 6.07 Å². The number of benzene rings is 3. The van der Waals surface area contributed by atoms with Crippen LogP contribution in [0.25, 0.3) is 21.7 Å². The van der Waals surface area contributed by atoms with Crippen molar-refractivity contribution in [3.8, 4) is 0 Å². The molecule has 0 fully saturated rings. The third-order valence-electron chi connectivity index (χ3n) is 4.52. The number of nitrogens with two attached hydrogens (primary N) is 1. The number of aryl methyl sites for hydroxylation is 1. The summed E-state index contributed by atoms with van der Waals surface area (Å²) < 4.78 is 5.92. The van der Waals surface area contributed by atoms with Gasteiger partial charge in [0.2, 0.25) is 5.91 Å². The Morgan fingerprint density at radius 1 is 1.04 bits per heavy atom. The molecule has 0 saturated heterocycles. The summed E-state index contributed by atoms with van der Waals surface area (Å²) in [6.07, 6.45) is 0. The van der Waals surface area contributed by atoms with E-state index in [0.717, 1.165) is 21.7 Å². The molecule has 134 valence electrons. The lowest BCUT2D eigenvalue weighted by molar-refractivity contribution is 0.0989. The lowest BCUT2D eigenvalue weighted by Crippen LogP contribution is -2.15. The average molecular weight is 379 g/mol. The van der Waals surface area contributed by atoms with Crippen LogP contribution in [0.5, 0.6) is 0 Å². The van der Waals surface area contributed by atoms with Crippen LogP contribution in [0.4, 0.5) is 5.69 Å². The summed E-state index contributed by atoms with van der Waals surface area (Å²) in [5, 5.41) is 5.82. The lowest BCUT2D eigenvalue weighted by atomic mass is 10.1. The summed E-state index contributed by atoms with van der Waals surface area (Å²) in [6.45, 7) is 1.84. The first kappa shape index (κ1) is 17.1. The average Bonchev–Trinajstić information content (AvgIpc) is 3.00. The van der Waals surface area contributed by atoms with Crippen LogP contribution in [0, 0.1) is 6.92 Å². The summed E-state index contributed by atoms with van der Waals surface area (Å²) in [7, 11) is 0. The number of nitrogens with one attached hydrogen (secondary N) is 1. The lowest BCUT2D eigenvalue weighted by Gasteiger charge is -2.06. The summed E-state index contributed by atoms with van der Waals surface area (Å²) in [6, 6.07) is 16.3. The molecule has 3 aromatic carbocycles. The van der Waals surface area contributed by atoms with Crippen LogP contribution in [0.2, 0.25) is 5.02 Å². The number of halogens is 1. The Bertz CT molecular complexity index is 1230. The van der Waals surface area contributed by atoms with Crippen LogP contribution in [0.1, 0.15) is 26.5 Å². The van der Waals surface area contributed by atoms with Gasteiger partial charge in [-0.05, 0) is 30.5 Å². The maximum atomic E-state index is 12.8. The van der Waals surface area contributed by atoms with Crippen LogP contribution in [-0.4, -0.2) is 11.8 Å². The second-order valence-corrected chi connectivity index (χ2v) is 6.64. The van der Waals surface area contributed by atoms with Crippen LogP contribution in [0.3, 0.4) is 0 Å². The van der Waals surface area contributed by atoms with Gasteiger partial charge in [-0.3, -0.25) is 9.59 Å². The summed E-state index contributed by atoms with van der Waals surface area (Å²) in [4.78, 5) is 24.2. The van der Waals surface area contributed by atoms with E-state index in [0.29, 0.717) is 11.3 Å². The molecule has 4 rings (SSSR count). The Balaban J connectivity index is 1.75. The fraction of sp³-hybridized carbons (Fsp3) is 0.0476. The van der Waals surface area contributed by atoms with Gasteiger partial charge in [-0.2, -0.15) is 0 Å². The number of rotatable bonds is 3. The van der Waals surface area contributed by atoms with Gasteiger partial charge in [-0.15, -0.1) is 0 Å². The maximum Gasteiger partial charge on any atom is 0.291 e. The Labute approximate surface area is 159 Å². The Morgan fingerprint density at radius 3 is 2.59 bits per heavy atom. The number of hydrogen-bond donors (Lipinski definition) is 2. The summed E-state index contributed by atoms with van der Waals surface area (Å²) >= 11 is 5.95. The molecule has 0 aliphatic carbocycles. The van der Waals surface area contributed by atoms with E-state index in [1.165, 1.54) is 12.1 Å². The number of furan rings is 1. The Hall–Kier alpha value is -3.31. The molecule has 1 aromatic heterocycles. The minimum Gasteiger partial charge on any atom is -0.450 e. The Kier molecular flexibility index (Phi) is 4.09. The number of hydrogen-bond acceptors (Lipinski definition) is 3. The zero-order chi connectivity index (χ0) is 19.1. The molecular formula is C21H15ClN2O3. The van der Waals surface area contributed by atoms with E-state index in [4.69, 9.17) is 21.8 Å². The van der Waals surface area contributed by atoms with Crippen molar-refractivity contribution >= 4 is 50.8 Å². The molecule has 3 N–H and O–H groups in total. The molecule has 1 heterocycles. The SMILES string of the molecule is Cc1c(C(=O)Nc2ccc(Cl)c(C(N)=O)c2)oc2c1ccc1ccccc12. The van der Waals surface area contributed by atoms with E-state index in [2.05, 4.69) is 5.32 Å². The predicted molar refractivity (Wildman–Crippen MR) is 106 cm³/mol. The van der Waals surface area contributed by atoms with Gasteiger partial charge in [0.1, 0.15) is 5.58 Å². The van der Waals surface area contributed by atoms with Gasteiger partial charge in [0.25, 0.3) is 5.91 Å². The highest BCUT2D eigenvalue weighted by atomic mass is 35.5. The molecule has 0 aliphatic heterocycles. The molecule has 27 heavy (non-hydrogen) atoms. The van der Waals surface area contributed by atoms with Crippen molar-refractivity contribution in [2.45, 2.75) is 6.92 Å². The normalized spacial score (nSPS) is 11.0. The number of carbonyl (C=O) groups excluding carboxylic acids is 2. The first-order chi connectivity index (χ1) is 13.0. The molecule has 0 bridgehead atoms. The monoisotopic (exact) mass is 378 g/mol. The Morgan fingerprint density at radius 2 is 1.81 bits per heavy atom. The quantitative estimate of drug-likeness (QED) is 0.531. The van der Waals surface area contributed by atoms with Crippen molar-refractivity contribution in [3.63, 3.8) is 0 Å². The smallest absolute Gasteiger partial charge is 0.291 e. The van der Waals surface area contributed by atoms with Crippen LogP contribution in [0.15, 0.2) is 59.0 Å². The van der Waals surface area contributed by atoms with Gasteiger partial charge in [0, 0.05) is 22.0 Å². The second-order valence-electron chi connectivity index (χ2n) is 6.23. The molecule has 0 radical (unpaired) electrons. The molecule has 0 saturated carbocycles. The first-order valence-electron chi connectivity index (χ1n) is 8.27. The molecule has 0 unspecified atom stereocenters. The minimum atomic E-state index is -0.664. The third-order valence-corrected chi connectivity index (χ3v) is 4.85. The van der Waals surface area contributed by atoms with Gasteiger partial charge in [-0.25, -0.2) is 0 Å². The zero-order valence-electron chi connectivity index (χ0n) is 14.4. The van der Waals surface area contributed by atoms with E-state index >= 15 is 0 Å². The van der Waals surface area contributed by atoms with Crippen LogP contribution < -0.4 is 11.1 Å². The fourth-order valence-corrected chi connectivity index (χ4v) is 3.36. The minimum absolute atomic E-state index is 0.141. The molecule has 4 aromatic rings. The second kappa shape index (κ2) is 6.45. The maximum absolute atomic E-state index is 12.8. The highest BCUT2D eigenvalue weighted by molar-refractivity contribution is 6.34. The molecule has 5 nitrogen and oxygen atoms in total. The summed E-state index contributed by atoms with van der Waals surface area (Å²) in [5.41, 5.74) is 7.26. The predicted octanol–water partition coefficient (Wildman–Crippen LogP) is 4.90. The van der Waals surface area contributed by atoms with Crippen molar-refractivity contribution in [1.82, 2.24) is 0 Å². The van der Waals surface area contributed by atoms with Crippen LogP contribution >= 0.6 is 11.6 Å². The zero-order valence-corrected chi connectivity index (χ0v) is 15.1. The highest BCUT2D eigenvalue weighted by Gasteiger charge is 2.19. The van der Waals surface area contributed by atoms with Crippen molar-refractivity contribution in [2.75, 3.05) is 5.32 Å².